The molecule has 3 amide bonds. The van der Waals surface area contributed by atoms with Crippen molar-refractivity contribution in [3.8, 4) is 0 Å². The number of benzene rings is 2. The lowest BCUT2D eigenvalue weighted by Gasteiger charge is -2.25. The summed E-state index contributed by atoms with van der Waals surface area (Å²) in [5.41, 5.74) is 2.51. The predicted octanol–water partition coefficient (Wildman–Crippen LogP) is 5.32. The van der Waals surface area contributed by atoms with Crippen molar-refractivity contribution in [2.75, 3.05) is 5.32 Å². The summed E-state index contributed by atoms with van der Waals surface area (Å²) in [5.74, 6) is 0.0901. The molecule has 8 heteroatoms. The Labute approximate surface area is 210 Å². The monoisotopic (exact) mass is 486 g/mol. The molecule has 0 spiro atoms. The van der Waals surface area contributed by atoms with Gasteiger partial charge < -0.3 is 4.74 Å². The van der Waals surface area contributed by atoms with Crippen LogP contribution in [0, 0.1) is 0 Å². The van der Waals surface area contributed by atoms with Gasteiger partial charge in [-0.3, -0.25) is 24.5 Å². The maximum atomic E-state index is 13.0. The Hall–Kier alpha value is -3.94. The van der Waals surface area contributed by atoms with E-state index in [1.807, 2.05) is 41.1 Å². The van der Waals surface area contributed by atoms with E-state index in [2.05, 4.69) is 31.2 Å². The largest absolute Gasteiger partial charge is 0.444 e. The number of anilines is 1. The second-order valence-corrected chi connectivity index (χ2v) is 10.4. The molecule has 2 aromatic carbocycles. The van der Waals surface area contributed by atoms with Crippen LogP contribution in [0.4, 0.5) is 10.6 Å². The van der Waals surface area contributed by atoms with Crippen molar-refractivity contribution in [1.29, 1.82) is 0 Å². The summed E-state index contributed by atoms with van der Waals surface area (Å²) in [6.45, 7) is 6.33. The number of nitrogens with one attached hydrogen (secondary N) is 1. The molecule has 2 aliphatic rings. The lowest BCUT2D eigenvalue weighted by atomic mass is 10.0. The van der Waals surface area contributed by atoms with E-state index >= 15 is 0 Å². The van der Waals surface area contributed by atoms with Gasteiger partial charge in [0.1, 0.15) is 6.61 Å². The molecule has 1 aliphatic heterocycles. The summed E-state index contributed by atoms with van der Waals surface area (Å²) in [4.78, 5) is 39.8. The summed E-state index contributed by atoms with van der Waals surface area (Å²) in [7, 11) is 0. The average Bonchev–Trinajstić information content (AvgIpc) is 3.56. The van der Waals surface area contributed by atoms with Crippen LogP contribution in [-0.2, 0) is 16.9 Å². The van der Waals surface area contributed by atoms with Crippen molar-refractivity contribution in [3.63, 3.8) is 0 Å². The molecule has 1 aromatic heterocycles. The minimum atomic E-state index is -0.570. The van der Waals surface area contributed by atoms with Crippen molar-refractivity contribution in [2.45, 2.75) is 64.1 Å². The fraction of sp³-hybridized carbons (Fsp3) is 0.357. The fourth-order valence-corrected chi connectivity index (χ4v) is 5.15. The molecule has 0 saturated heterocycles. The normalized spacial score (nSPS) is 19.5. The molecular weight excluding hydrogens is 456 g/mol. The van der Waals surface area contributed by atoms with Crippen molar-refractivity contribution in [2.24, 2.45) is 0 Å². The molecule has 2 atom stereocenters. The molecule has 2 heterocycles. The Morgan fingerprint density at radius 2 is 1.64 bits per heavy atom. The number of carbonyl (C=O) groups is 3. The Morgan fingerprint density at radius 3 is 2.28 bits per heavy atom. The zero-order valence-corrected chi connectivity index (χ0v) is 20.7. The van der Waals surface area contributed by atoms with E-state index in [1.54, 1.807) is 24.3 Å². The smallest absolute Gasteiger partial charge is 0.413 e. The molecule has 1 N–H and O–H groups in total. The minimum absolute atomic E-state index is 0.0990. The highest BCUT2D eigenvalue weighted by molar-refractivity contribution is 6.21. The van der Waals surface area contributed by atoms with Crippen molar-refractivity contribution >= 4 is 23.7 Å². The Bertz CT molecular complexity index is 1270. The summed E-state index contributed by atoms with van der Waals surface area (Å²) >= 11 is 0. The zero-order valence-electron chi connectivity index (χ0n) is 20.7. The van der Waals surface area contributed by atoms with Crippen LogP contribution in [0.3, 0.4) is 0 Å². The number of imide groups is 1. The van der Waals surface area contributed by atoms with Gasteiger partial charge >= 0.3 is 6.09 Å². The van der Waals surface area contributed by atoms with Crippen molar-refractivity contribution in [3.05, 3.63) is 83.0 Å². The van der Waals surface area contributed by atoms with Crippen LogP contribution in [0.1, 0.15) is 77.9 Å². The molecule has 186 valence electrons. The molecule has 2 unspecified atom stereocenters. The number of hydrogen-bond donors (Lipinski definition) is 1. The zero-order chi connectivity index (χ0) is 25.4. The van der Waals surface area contributed by atoms with E-state index in [-0.39, 0.29) is 35.9 Å². The van der Waals surface area contributed by atoms with Crippen molar-refractivity contribution < 1.29 is 19.1 Å². The predicted molar refractivity (Wildman–Crippen MR) is 135 cm³/mol. The van der Waals surface area contributed by atoms with Gasteiger partial charge in [0.25, 0.3) is 11.8 Å². The van der Waals surface area contributed by atoms with Crippen LogP contribution in [0.2, 0.25) is 0 Å². The number of rotatable bonds is 5. The lowest BCUT2D eigenvalue weighted by molar-refractivity contribution is 0.0586. The standard InChI is InChI=1S/C28H30N4O4/c1-28(2,3)32-23(16-24(30-32)29-27(35)36-17-18-9-5-4-6-10-18)19-13-14-20(15-19)31-25(33)21-11-7-8-12-22(21)26(31)34/h4-12,16,19-20H,13-15,17H2,1-3H3,(H,29,30,35). The van der Waals surface area contributed by atoms with Crippen LogP contribution in [0.25, 0.3) is 0 Å². The van der Waals surface area contributed by atoms with Crippen LogP contribution in [0.5, 0.6) is 0 Å². The molecule has 0 bridgehead atoms. The first-order valence-electron chi connectivity index (χ1n) is 12.3. The van der Waals surface area contributed by atoms with Gasteiger partial charge in [0.05, 0.1) is 16.7 Å². The van der Waals surface area contributed by atoms with Gasteiger partial charge in [-0.25, -0.2) is 4.79 Å². The van der Waals surface area contributed by atoms with E-state index in [9.17, 15) is 14.4 Å². The highest BCUT2D eigenvalue weighted by Gasteiger charge is 2.43. The third-order valence-electron chi connectivity index (χ3n) is 6.83. The third-order valence-corrected chi connectivity index (χ3v) is 6.83. The van der Waals surface area contributed by atoms with Crippen molar-refractivity contribution in [1.82, 2.24) is 14.7 Å². The number of aromatic nitrogens is 2. The molecule has 8 nitrogen and oxygen atoms in total. The number of carbonyl (C=O) groups excluding carboxylic acids is 3. The Kier molecular flexibility index (Phi) is 6.12. The van der Waals surface area contributed by atoms with E-state index in [4.69, 9.17) is 4.74 Å². The highest BCUT2D eigenvalue weighted by Crippen LogP contribution is 2.41. The van der Waals surface area contributed by atoms with Crippen LogP contribution < -0.4 is 5.32 Å². The number of nitrogens with zero attached hydrogens (tertiary/aromatic N) is 3. The maximum absolute atomic E-state index is 13.0. The molecule has 0 radical (unpaired) electrons. The van der Waals surface area contributed by atoms with Crippen LogP contribution >= 0.6 is 0 Å². The first-order chi connectivity index (χ1) is 17.2. The number of hydrogen-bond acceptors (Lipinski definition) is 5. The quantitative estimate of drug-likeness (QED) is 0.493. The van der Waals surface area contributed by atoms with Gasteiger partial charge in [-0.15, -0.1) is 0 Å². The Balaban J connectivity index is 1.30. The molecular formula is C28H30N4O4. The maximum Gasteiger partial charge on any atom is 0.413 e. The second kappa shape index (κ2) is 9.26. The molecule has 36 heavy (non-hydrogen) atoms. The Morgan fingerprint density at radius 1 is 1.00 bits per heavy atom. The van der Waals surface area contributed by atoms with Gasteiger partial charge in [-0.2, -0.15) is 5.10 Å². The summed E-state index contributed by atoms with van der Waals surface area (Å²) in [6, 6.07) is 18.2. The summed E-state index contributed by atoms with van der Waals surface area (Å²) in [5, 5.41) is 7.41. The number of ether oxygens (including phenoxy) is 1. The van der Waals surface area contributed by atoms with Gasteiger partial charge in [0, 0.05) is 23.7 Å². The molecule has 3 aromatic rings. The van der Waals surface area contributed by atoms with E-state index in [0.717, 1.165) is 24.1 Å². The lowest BCUT2D eigenvalue weighted by Crippen LogP contribution is -2.38. The van der Waals surface area contributed by atoms with E-state index in [1.165, 1.54) is 4.90 Å². The van der Waals surface area contributed by atoms with Crippen LogP contribution in [-0.4, -0.2) is 38.6 Å². The highest BCUT2D eigenvalue weighted by atomic mass is 16.5. The molecule has 1 aliphatic carbocycles. The van der Waals surface area contributed by atoms with Gasteiger partial charge in [-0.05, 0) is 57.7 Å². The minimum Gasteiger partial charge on any atom is -0.444 e. The van der Waals surface area contributed by atoms with E-state index < -0.39 is 6.09 Å². The van der Waals surface area contributed by atoms with Gasteiger partial charge in [0.15, 0.2) is 5.82 Å². The topological polar surface area (TPSA) is 93.5 Å². The van der Waals surface area contributed by atoms with Crippen LogP contribution in [0.15, 0.2) is 60.7 Å². The molecule has 1 saturated carbocycles. The first-order valence-corrected chi connectivity index (χ1v) is 12.3. The fourth-order valence-electron chi connectivity index (χ4n) is 5.15. The number of amides is 3. The second-order valence-electron chi connectivity index (χ2n) is 10.4. The van der Waals surface area contributed by atoms with Gasteiger partial charge in [0.2, 0.25) is 0 Å². The first kappa shape index (κ1) is 23.8. The molecule has 1 fully saturated rings. The summed E-state index contributed by atoms with van der Waals surface area (Å²) in [6.07, 6.45) is 1.63. The SMILES string of the molecule is CC(C)(C)n1nc(NC(=O)OCc2ccccc2)cc1C1CCC(N2C(=O)c3ccccc3C2=O)C1. The number of fused-ring (bicyclic) bond motifs is 1. The van der Waals surface area contributed by atoms with E-state index in [0.29, 0.717) is 23.4 Å². The molecule has 5 rings (SSSR count). The average molecular weight is 487 g/mol. The summed E-state index contributed by atoms with van der Waals surface area (Å²) < 4.78 is 7.28. The third kappa shape index (κ3) is 4.51. The van der Waals surface area contributed by atoms with Gasteiger partial charge in [-0.1, -0.05) is 42.5 Å².